The summed E-state index contributed by atoms with van der Waals surface area (Å²) in [6, 6.07) is 0. The lowest BCUT2D eigenvalue weighted by atomic mass is 9.69. The third-order valence-corrected chi connectivity index (χ3v) is 7.19. The van der Waals surface area contributed by atoms with Gasteiger partial charge in [0.05, 0.1) is 0 Å². The van der Waals surface area contributed by atoms with Gasteiger partial charge in [-0.3, -0.25) is 58.0 Å². The Morgan fingerprint density at radius 1 is 0.645 bits per heavy atom. The van der Waals surface area contributed by atoms with E-state index in [0.717, 1.165) is 11.9 Å². The Morgan fingerprint density at radius 3 is 1.55 bits per heavy atom. The minimum Gasteiger partial charge on any atom is -0.284 e. The molecule has 0 radical (unpaired) electrons. The highest BCUT2D eigenvalue weighted by Crippen LogP contribution is 2.44. The molecule has 164 valence electrons. The third kappa shape index (κ3) is 2.34. The van der Waals surface area contributed by atoms with Crippen molar-refractivity contribution in [2.75, 3.05) is 25.8 Å². The van der Waals surface area contributed by atoms with E-state index in [1.54, 1.807) is 0 Å². The zero-order valence-corrected chi connectivity index (χ0v) is 16.9. The van der Waals surface area contributed by atoms with E-state index in [0.29, 0.717) is 9.80 Å². The third-order valence-electron chi connectivity index (χ3n) is 5.89. The second-order valence-electron chi connectivity index (χ2n) is 7.64. The van der Waals surface area contributed by atoms with Crippen molar-refractivity contribution in [1.29, 1.82) is 0 Å². The van der Waals surface area contributed by atoms with Gasteiger partial charge in [0.1, 0.15) is 23.6 Å². The molecule has 4 heterocycles. The molecule has 0 bridgehead atoms. The first-order chi connectivity index (χ1) is 14.3. The van der Waals surface area contributed by atoms with E-state index in [2.05, 4.69) is 0 Å². The fraction of sp³-hybridized carbons (Fsp3) is 0.500. The highest BCUT2D eigenvalue weighted by molar-refractivity contribution is 7.91. The predicted octanol–water partition coefficient (Wildman–Crippen LogP) is -4.34. The van der Waals surface area contributed by atoms with Crippen LogP contribution < -0.4 is 0 Å². The number of β-lactam (4-membered cyclic amide) rings is 8. The van der Waals surface area contributed by atoms with E-state index in [1.165, 1.54) is 7.05 Å². The SMILES string of the molecule is CN1C(=O)C(CC2C(=O)N(CS(=O)(=O)CN3C(=O)C4(C(=O)N(C)C4=O)C3=O)C2=O)C1=O. The molecule has 1 spiro atoms. The van der Waals surface area contributed by atoms with Crippen molar-refractivity contribution in [2.45, 2.75) is 6.42 Å². The summed E-state index contributed by atoms with van der Waals surface area (Å²) < 4.78 is 24.6. The van der Waals surface area contributed by atoms with E-state index in [1.807, 2.05) is 0 Å². The van der Waals surface area contributed by atoms with Gasteiger partial charge in [0.15, 0.2) is 9.84 Å². The Kier molecular flexibility index (Phi) is 4.04. The number of amides is 8. The number of hydrogen-bond acceptors (Lipinski definition) is 10. The molecular weight excluding hydrogens is 440 g/mol. The number of sulfone groups is 1. The lowest BCUT2D eigenvalue weighted by molar-refractivity contribution is -0.197. The van der Waals surface area contributed by atoms with Gasteiger partial charge in [0, 0.05) is 14.1 Å². The Hall–Kier alpha value is -3.49. The molecule has 14 nitrogen and oxygen atoms in total. The molecule has 0 saturated carbocycles. The standard InChI is InChI=1S/C16H14N4O10S/c1-17-8(21)6(9(17)22)3-7-10(23)19(11(7)24)4-31(29,30)5-20-14(27)16(15(20)28)12(25)18(2)13(16)26/h6-7H,3-5H2,1-2H3. The van der Waals surface area contributed by atoms with Gasteiger partial charge in [-0.2, -0.15) is 0 Å². The van der Waals surface area contributed by atoms with Crippen LogP contribution >= 0.6 is 0 Å². The van der Waals surface area contributed by atoms with Crippen LogP contribution in [0.1, 0.15) is 6.42 Å². The fourth-order valence-corrected chi connectivity index (χ4v) is 5.35. The van der Waals surface area contributed by atoms with E-state index < -0.39 is 86.1 Å². The summed E-state index contributed by atoms with van der Waals surface area (Å²) in [4.78, 5) is 97.4. The van der Waals surface area contributed by atoms with Gasteiger partial charge in [-0.15, -0.1) is 0 Å². The molecule has 0 aliphatic carbocycles. The highest BCUT2D eigenvalue weighted by atomic mass is 32.2. The summed E-state index contributed by atoms with van der Waals surface area (Å²) in [7, 11) is -2.09. The molecular formula is C16H14N4O10S. The molecule has 0 aromatic rings. The van der Waals surface area contributed by atoms with Gasteiger partial charge in [-0.1, -0.05) is 0 Å². The predicted molar refractivity (Wildman–Crippen MR) is 91.9 cm³/mol. The van der Waals surface area contributed by atoms with Gasteiger partial charge in [0.25, 0.3) is 29.0 Å². The first-order valence-corrected chi connectivity index (χ1v) is 10.7. The lowest BCUT2D eigenvalue weighted by Crippen LogP contribution is -2.83. The van der Waals surface area contributed by atoms with Gasteiger partial charge in [-0.05, 0) is 6.42 Å². The smallest absolute Gasteiger partial charge is 0.284 e. The quantitative estimate of drug-likeness (QED) is 0.281. The van der Waals surface area contributed by atoms with Gasteiger partial charge in [-0.25, -0.2) is 8.42 Å². The van der Waals surface area contributed by atoms with E-state index in [9.17, 15) is 46.8 Å². The molecule has 4 saturated heterocycles. The van der Waals surface area contributed by atoms with Crippen molar-refractivity contribution in [3.63, 3.8) is 0 Å². The summed E-state index contributed by atoms with van der Waals surface area (Å²) in [5.41, 5.74) is -2.52. The Bertz CT molecular complexity index is 1090. The summed E-state index contributed by atoms with van der Waals surface area (Å²) in [6.45, 7) is 0. The second kappa shape index (κ2) is 6.03. The van der Waals surface area contributed by atoms with Crippen LogP contribution in [0.2, 0.25) is 0 Å². The van der Waals surface area contributed by atoms with Gasteiger partial charge < -0.3 is 0 Å². The van der Waals surface area contributed by atoms with Crippen LogP contribution in [0.4, 0.5) is 0 Å². The zero-order chi connectivity index (χ0) is 23.2. The summed E-state index contributed by atoms with van der Waals surface area (Å²) in [5.74, 6) is -12.4. The molecule has 4 fully saturated rings. The normalized spacial score (nSPS) is 24.1. The van der Waals surface area contributed by atoms with Crippen LogP contribution in [-0.2, 0) is 48.2 Å². The summed E-state index contributed by atoms with van der Waals surface area (Å²) in [5, 5.41) is 0. The minimum absolute atomic E-state index is 0.200. The molecule has 0 aromatic heterocycles. The number of carbonyl (C=O) groups is 8. The van der Waals surface area contributed by atoms with Crippen LogP contribution in [0.25, 0.3) is 0 Å². The molecule has 4 rings (SSSR count). The van der Waals surface area contributed by atoms with E-state index in [-0.39, 0.29) is 11.3 Å². The molecule has 0 N–H and O–H groups in total. The number of imide groups is 4. The van der Waals surface area contributed by atoms with E-state index in [4.69, 9.17) is 0 Å². The fourth-order valence-electron chi connectivity index (χ4n) is 3.99. The number of nitrogens with zero attached hydrogens (tertiary/aromatic N) is 4. The molecule has 0 aromatic carbocycles. The maximum atomic E-state index is 12.3. The number of hydrogen-bond donors (Lipinski definition) is 0. The topological polar surface area (TPSA) is 184 Å². The first kappa shape index (κ1) is 20.8. The van der Waals surface area contributed by atoms with Crippen molar-refractivity contribution in [3.05, 3.63) is 0 Å². The summed E-state index contributed by atoms with van der Waals surface area (Å²) >= 11 is 0. The minimum atomic E-state index is -4.40. The highest BCUT2D eigenvalue weighted by Gasteiger charge is 2.79. The maximum absolute atomic E-state index is 12.3. The second-order valence-corrected chi connectivity index (χ2v) is 9.64. The molecule has 0 atom stereocenters. The summed E-state index contributed by atoms with van der Waals surface area (Å²) in [6.07, 6.45) is -0.362. The van der Waals surface area contributed by atoms with Crippen LogP contribution in [0, 0.1) is 17.3 Å². The molecule has 4 aliphatic rings. The first-order valence-electron chi connectivity index (χ1n) is 8.83. The van der Waals surface area contributed by atoms with Crippen molar-refractivity contribution in [2.24, 2.45) is 17.3 Å². The lowest BCUT2D eigenvalue weighted by Gasteiger charge is -2.51. The van der Waals surface area contributed by atoms with Gasteiger partial charge in [0.2, 0.25) is 23.6 Å². The van der Waals surface area contributed by atoms with Crippen LogP contribution in [0.15, 0.2) is 0 Å². The molecule has 31 heavy (non-hydrogen) atoms. The Morgan fingerprint density at radius 2 is 1.06 bits per heavy atom. The number of likely N-dealkylation sites (tertiary alicyclic amines) is 4. The molecule has 15 heteroatoms. The van der Waals surface area contributed by atoms with Crippen LogP contribution in [0.5, 0.6) is 0 Å². The average Bonchev–Trinajstić information content (AvgIpc) is 2.75. The van der Waals surface area contributed by atoms with Crippen LogP contribution in [-0.4, -0.2) is 101 Å². The van der Waals surface area contributed by atoms with Crippen molar-refractivity contribution >= 4 is 57.1 Å². The maximum Gasteiger partial charge on any atom is 0.285 e. The number of rotatable bonds is 6. The van der Waals surface area contributed by atoms with Crippen molar-refractivity contribution in [1.82, 2.24) is 19.6 Å². The van der Waals surface area contributed by atoms with Crippen molar-refractivity contribution < 1.29 is 46.8 Å². The van der Waals surface area contributed by atoms with Gasteiger partial charge >= 0.3 is 0 Å². The monoisotopic (exact) mass is 454 g/mol. The van der Waals surface area contributed by atoms with Crippen LogP contribution in [0.3, 0.4) is 0 Å². The average molecular weight is 454 g/mol. The largest absolute Gasteiger partial charge is 0.285 e. The molecule has 0 unspecified atom stereocenters. The molecule has 8 amide bonds. The number of carbonyl (C=O) groups excluding carboxylic acids is 8. The van der Waals surface area contributed by atoms with Crippen molar-refractivity contribution in [3.8, 4) is 0 Å². The Labute approximate surface area is 173 Å². The Balaban J connectivity index is 1.37. The zero-order valence-electron chi connectivity index (χ0n) is 16.1. The van der Waals surface area contributed by atoms with E-state index >= 15 is 0 Å². The molecule has 4 aliphatic heterocycles.